The number of amides is 2. The third-order valence-electron chi connectivity index (χ3n) is 8.16. The number of imidazole rings is 1. The molecule has 3 aliphatic heterocycles. The van der Waals surface area contributed by atoms with Crippen LogP contribution in [-0.4, -0.2) is 84.1 Å². The van der Waals surface area contributed by atoms with Crippen LogP contribution in [0.5, 0.6) is 0 Å². The van der Waals surface area contributed by atoms with Crippen molar-refractivity contribution < 1.29 is 9.53 Å². The molecule has 0 spiro atoms. The van der Waals surface area contributed by atoms with Gasteiger partial charge in [0.2, 0.25) is 0 Å². The van der Waals surface area contributed by atoms with Crippen LogP contribution in [0, 0.1) is 0 Å². The summed E-state index contributed by atoms with van der Waals surface area (Å²) in [7, 11) is 2.15. The van der Waals surface area contributed by atoms with Crippen molar-refractivity contribution in [3.05, 3.63) is 67.0 Å². The molecule has 3 saturated heterocycles. The second-order valence-corrected chi connectivity index (χ2v) is 11.0. The number of ether oxygens (including phenoxy) is 1. The lowest BCUT2D eigenvalue weighted by Gasteiger charge is -2.34. The summed E-state index contributed by atoms with van der Waals surface area (Å²) in [5.41, 5.74) is 6.42. The second kappa shape index (κ2) is 10.4. The first-order valence-corrected chi connectivity index (χ1v) is 14.0. The smallest absolute Gasteiger partial charge is 0.323 e. The molecule has 4 aromatic rings. The summed E-state index contributed by atoms with van der Waals surface area (Å²) in [5, 5.41) is 10.7. The van der Waals surface area contributed by atoms with E-state index < -0.39 is 0 Å². The summed E-state index contributed by atoms with van der Waals surface area (Å²) in [6.45, 7) is 5.90. The normalized spacial score (nSPS) is 21.1. The molecule has 0 radical (unpaired) electrons. The highest BCUT2D eigenvalue weighted by Crippen LogP contribution is 2.33. The van der Waals surface area contributed by atoms with Gasteiger partial charge in [0.1, 0.15) is 0 Å². The lowest BCUT2D eigenvalue weighted by molar-refractivity contribution is 0.0305. The fraction of sp³-hybridized carbons (Fsp3) is 0.367. The van der Waals surface area contributed by atoms with Gasteiger partial charge in [0.25, 0.3) is 0 Å². The van der Waals surface area contributed by atoms with Gasteiger partial charge in [-0.1, -0.05) is 12.1 Å². The second-order valence-electron chi connectivity index (χ2n) is 11.0. The average Bonchev–Trinajstić information content (AvgIpc) is 3.59. The first kappa shape index (κ1) is 24.9. The molecule has 0 saturated carbocycles. The Morgan fingerprint density at radius 2 is 1.52 bits per heavy atom. The zero-order valence-corrected chi connectivity index (χ0v) is 22.7. The molecule has 5 heterocycles. The Bertz CT molecular complexity index is 1480. The molecule has 3 fully saturated rings. The number of carbonyl (C=O) groups excluding carboxylic acids is 1. The van der Waals surface area contributed by atoms with Crippen LogP contribution in [0.25, 0.3) is 16.9 Å². The third-order valence-corrected chi connectivity index (χ3v) is 8.16. The van der Waals surface area contributed by atoms with E-state index in [9.17, 15) is 4.79 Å². The summed E-state index contributed by atoms with van der Waals surface area (Å²) < 4.78 is 7.89. The zero-order valence-electron chi connectivity index (χ0n) is 22.7. The Balaban J connectivity index is 1.02. The van der Waals surface area contributed by atoms with Crippen molar-refractivity contribution in [1.82, 2.24) is 19.5 Å². The van der Waals surface area contributed by atoms with E-state index in [1.165, 1.54) is 5.69 Å². The van der Waals surface area contributed by atoms with Crippen molar-refractivity contribution >= 4 is 34.4 Å². The first-order valence-electron chi connectivity index (χ1n) is 14.0. The molecule has 10 heteroatoms. The monoisotopic (exact) mass is 538 g/mol. The topological polar surface area (TPSA) is 90.3 Å². The van der Waals surface area contributed by atoms with Crippen LogP contribution in [0.3, 0.4) is 0 Å². The largest absolute Gasteiger partial charge is 0.371 e. The molecular weight excluding hydrogens is 504 g/mol. The van der Waals surface area contributed by atoms with Gasteiger partial charge < -0.3 is 30.1 Å². The van der Waals surface area contributed by atoms with Gasteiger partial charge in [0, 0.05) is 74.3 Å². The maximum absolute atomic E-state index is 12.7. The van der Waals surface area contributed by atoms with Crippen molar-refractivity contribution in [2.24, 2.45) is 0 Å². The van der Waals surface area contributed by atoms with Crippen molar-refractivity contribution in [3.63, 3.8) is 0 Å². The van der Waals surface area contributed by atoms with E-state index in [0.717, 1.165) is 80.4 Å². The van der Waals surface area contributed by atoms with Gasteiger partial charge >= 0.3 is 6.03 Å². The molecule has 3 aliphatic rings. The highest BCUT2D eigenvalue weighted by molar-refractivity contribution is 6.00. The minimum atomic E-state index is -0.276. The number of nitrogens with zero attached hydrogens (tertiary/aromatic N) is 6. The number of carbonyl (C=O) groups is 1. The van der Waals surface area contributed by atoms with Crippen molar-refractivity contribution in [3.8, 4) is 11.3 Å². The number of likely N-dealkylation sites (N-methyl/N-ethyl adjacent to an activating group) is 1. The number of fused-ring (bicyclic) bond motifs is 3. The van der Waals surface area contributed by atoms with Gasteiger partial charge in [-0.05, 0) is 62.4 Å². The Morgan fingerprint density at radius 3 is 2.20 bits per heavy atom. The average molecular weight is 539 g/mol. The van der Waals surface area contributed by atoms with Crippen molar-refractivity contribution in [1.29, 1.82) is 0 Å². The fourth-order valence-electron chi connectivity index (χ4n) is 5.92. The molecule has 10 nitrogen and oxygen atoms in total. The SMILES string of the molecule is CN1CCN(c2ccc(NC(=O)Nc3ccc(-c4cc(N5CC6CCC(C5)O6)c5nccn5n4)cc3)cc2)CC1. The Morgan fingerprint density at radius 1 is 0.875 bits per heavy atom. The van der Waals surface area contributed by atoms with Gasteiger partial charge in [0.15, 0.2) is 5.65 Å². The van der Waals surface area contributed by atoms with Crippen LogP contribution in [0.4, 0.5) is 27.5 Å². The van der Waals surface area contributed by atoms with E-state index in [0.29, 0.717) is 5.69 Å². The number of rotatable bonds is 5. The maximum atomic E-state index is 12.7. The van der Waals surface area contributed by atoms with Crippen LogP contribution in [0.2, 0.25) is 0 Å². The molecule has 40 heavy (non-hydrogen) atoms. The van der Waals surface area contributed by atoms with Crippen LogP contribution in [0.1, 0.15) is 12.8 Å². The minimum absolute atomic E-state index is 0.276. The summed E-state index contributed by atoms with van der Waals surface area (Å²) in [6.07, 6.45) is 6.49. The molecule has 7 rings (SSSR count). The van der Waals surface area contributed by atoms with Crippen LogP contribution in [-0.2, 0) is 4.74 Å². The highest BCUT2D eigenvalue weighted by atomic mass is 16.5. The molecule has 2 atom stereocenters. The van der Waals surface area contributed by atoms with E-state index >= 15 is 0 Å². The van der Waals surface area contributed by atoms with E-state index in [1.807, 2.05) is 47.1 Å². The number of hydrogen-bond acceptors (Lipinski definition) is 7. The van der Waals surface area contributed by atoms with Gasteiger partial charge in [-0.3, -0.25) is 0 Å². The lowest BCUT2D eigenvalue weighted by atomic mass is 10.1. The number of urea groups is 1. The van der Waals surface area contributed by atoms with E-state index in [-0.39, 0.29) is 18.2 Å². The molecule has 2 bridgehead atoms. The molecule has 206 valence electrons. The Kier molecular flexibility index (Phi) is 6.49. The lowest BCUT2D eigenvalue weighted by Crippen LogP contribution is -2.44. The minimum Gasteiger partial charge on any atom is -0.371 e. The number of benzene rings is 2. The Hall–Kier alpha value is -4.15. The van der Waals surface area contributed by atoms with Crippen LogP contribution in [0.15, 0.2) is 67.0 Å². The van der Waals surface area contributed by atoms with E-state index in [2.05, 4.69) is 55.6 Å². The zero-order chi connectivity index (χ0) is 27.1. The summed E-state index contributed by atoms with van der Waals surface area (Å²) >= 11 is 0. The number of morpholine rings is 1. The third kappa shape index (κ3) is 5.07. The molecule has 2 amide bonds. The molecule has 2 aromatic carbocycles. The van der Waals surface area contributed by atoms with Gasteiger partial charge in [0.05, 0.1) is 23.6 Å². The molecular formula is C30H34N8O2. The Labute approximate surface area is 233 Å². The summed E-state index contributed by atoms with van der Waals surface area (Å²) in [5.74, 6) is 0. The predicted molar refractivity (Wildman–Crippen MR) is 157 cm³/mol. The first-order chi connectivity index (χ1) is 19.6. The maximum Gasteiger partial charge on any atom is 0.323 e. The molecule has 0 aliphatic carbocycles. The summed E-state index contributed by atoms with van der Waals surface area (Å²) in [4.78, 5) is 24.3. The van der Waals surface area contributed by atoms with Gasteiger partial charge in [-0.15, -0.1) is 0 Å². The number of piperazine rings is 1. The van der Waals surface area contributed by atoms with Crippen LogP contribution < -0.4 is 20.4 Å². The van der Waals surface area contributed by atoms with Gasteiger partial charge in [-0.25, -0.2) is 14.3 Å². The molecule has 2 N–H and O–H groups in total. The standard InChI is InChI=1S/C30H34N8O2/c1-35-14-16-36(17-15-35)24-8-6-23(7-9-24)33-30(39)32-22-4-2-21(3-5-22)27-18-28(29-31-12-13-38(29)34-27)37-19-25-10-11-26(20-37)40-25/h2-9,12-13,18,25-26H,10-11,14-17,19-20H2,1H3,(H2,32,33,39). The predicted octanol–water partition coefficient (Wildman–Crippen LogP) is 4.16. The fourth-order valence-corrected chi connectivity index (χ4v) is 5.92. The number of aromatic nitrogens is 3. The molecule has 2 unspecified atom stereocenters. The highest BCUT2D eigenvalue weighted by Gasteiger charge is 2.34. The summed E-state index contributed by atoms with van der Waals surface area (Å²) in [6, 6.07) is 17.6. The van der Waals surface area contributed by atoms with Gasteiger partial charge in [-0.2, -0.15) is 5.10 Å². The number of hydrogen-bond donors (Lipinski definition) is 2. The quantitative estimate of drug-likeness (QED) is 0.394. The van der Waals surface area contributed by atoms with Crippen LogP contribution >= 0.6 is 0 Å². The molecule has 2 aromatic heterocycles. The van der Waals surface area contributed by atoms with Crippen molar-refractivity contribution in [2.45, 2.75) is 25.0 Å². The van der Waals surface area contributed by atoms with Crippen molar-refractivity contribution in [2.75, 3.05) is 66.7 Å². The van der Waals surface area contributed by atoms with E-state index in [1.54, 1.807) is 6.20 Å². The number of nitrogens with one attached hydrogen (secondary N) is 2. The van der Waals surface area contributed by atoms with E-state index in [4.69, 9.17) is 9.84 Å². The number of anilines is 4.